The largest absolute Gasteiger partial charge is 0.385 e. The average Bonchev–Trinajstić information content (AvgIpc) is 2.45. The van der Waals surface area contributed by atoms with Gasteiger partial charge in [-0.25, -0.2) is 8.78 Å². The Bertz CT molecular complexity index is 632. The van der Waals surface area contributed by atoms with Gasteiger partial charge in [-0.05, 0) is 25.1 Å². The molecule has 0 saturated carbocycles. The molecule has 6 heteroatoms. The van der Waals surface area contributed by atoms with Crippen molar-refractivity contribution in [3.63, 3.8) is 0 Å². The summed E-state index contributed by atoms with van der Waals surface area (Å²) in [4.78, 5) is 16.0. The standard InChI is InChI=1S/C14H13F2N3O/c1-2-18-11-6-7-17-8-9(11)14(20)19-12-5-3-4-10(15)13(12)16/h3-8H,2H2,1H3,(H,17,18)(H,19,20). The minimum Gasteiger partial charge on any atom is -0.385 e. The lowest BCUT2D eigenvalue weighted by molar-refractivity contribution is 0.102. The highest BCUT2D eigenvalue weighted by Crippen LogP contribution is 2.19. The van der Waals surface area contributed by atoms with Crippen molar-refractivity contribution in [2.75, 3.05) is 17.2 Å². The van der Waals surface area contributed by atoms with Gasteiger partial charge in [-0.15, -0.1) is 0 Å². The van der Waals surface area contributed by atoms with Crippen LogP contribution in [0.2, 0.25) is 0 Å². The molecule has 104 valence electrons. The van der Waals surface area contributed by atoms with E-state index in [2.05, 4.69) is 15.6 Å². The summed E-state index contributed by atoms with van der Waals surface area (Å²) in [5.41, 5.74) is 0.635. The second kappa shape index (κ2) is 6.10. The van der Waals surface area contributed by atoms with Crippen molar-refractivity contribution in [2.24, 2.45) is 0 Å². The first-order valence-electron chi connectivity index (χ1n) is 6.06. The molecule has 2 rings (SSSR count). The van der Waals surface area contributed by atoms with Crippen molar-refractivity contribution in [3.8, 4) is 0 Å². The molecule has 0 aliphatic carbocycles. The summed E-state index contributed by atoms with van der Waals surface area (Å²) in [5, 5.41) is 5.33. The molecule has 0 unspecified atom stereocenters. The Hall–Kier alpha value is -2.50. The third-order valence-corrected chi connectivity index (χ3v) is 2.63. The van der Waals surface area contributed by atoms with Gasteiger partial charge in [0.15, 0.2) is 11.6 Å². The fourth-order valence-corrected chi connectivity index (χ4v) is 1.71. The van der Waals surface area contributed by atoms with E-state index >= 15 is 0 Å². The van der Waals surface area contributed by atoms with Crippen molar-refractivity contribution < 1.29 is 13.6 Å². The molecular formula is C14H13F2N3O. The smallest absolute Gasteiger partial charge is 0.259 e. The number of amides is 1. The Morgan fingerprint density at radius 2 is 2.05 bits per heavy atom. The van der Waals surface area contributed by atoms with Gasteiger partial charge in [0.2, 0.25) is 0 Å². The maximum absolute atomic E-state index is 13.5. The van der Waals surface area contributed by atoms with Crippen molar-refractivity contribution >= 4 is 17.3 Å². The molecular weight excluding hydrogens is 264 g/mol. The first kappa shape index (κ1) is 13.9. The van der Waals surface area contributed by atoms with Crippen molar-refractivity contribution in [2.45, 2.75) is 6.92 Å². The fourth-order valence-electron chi connectivity index (χ4n) is 1.71. The highest BCUT2D eigenvalue weighted by Gasteiger charge is 2.15. The minimum atomic E-state index is -1.09. The lowest BCUT2D eigenvalue weighted by atomic mass is 10.2. The lowest BCUT2D eigenvalue weighted by Gasteiger charge is -2.11. The van der Waals surface area contributed by atoms with Crippen LogP contribution in [-0.4, -0.2) is 17.4 Å². The normalized spacial score (nSPS) is 10.2. The summed E-state index contributed by atoms with van der Waals surface area (Å²) in [6.45, 7) is 2.51. The summed E-state index contributed by atoms with van der Waals surface area (Å²) >= 11 is 0. The van der Waals surface area contributed by atoms with Crippen LogP contribution in [0.5, 0.6) is 0 Å². The van der Waals surface area contributed by atoms with Crippen LogP contribution in [0.1, 0.15) is 17.3 Å². The molecule has 1 aromatic carbocycles. The van der Waals surface area contributed by atoms with Gasteiger partial charge >= 0.3 is 0 Å². The molecule has 4 nitrogen and oxygen atoms in total. The third kappa shape index (κ3) is 2.90. The molecule has 0 aliphatic rings. The van der Waals surface area contributed by atoms with Gasteiger partial charge in [-0.2, -0.15) is 0 Å². The van der Waals surface area contributed by atoms with E-state index in [4.69, 9.17) is 0 Å². The number of rotatable bonds is 4. The molecule has 2 N–H and O–H groups in total. The molecule has 0 bridgehead atoms. The summed E-state index contributed by atoms with van der Waals surface area (Å²) in [6, 6.07) is 5.24. The van der Waals surface area contributed by atoms with Crippen LogP contribution in [0.4, 0.5) is 20.2 Å². The molecule has 0 aliphatic heterocycles. The number of carbonyl (C=O) groups excluding carboxylic acids is 1. The van der Waals surface area contributed by atoms with E-state index in [1.807, 2.05) is 6.92 Å². The molecule has 1 amide bonds. The zero-order valence-corrected chi connectivity index (χ0v) is 10.8. The number of nitrogens with zero attached hydrogens (tertiary/aromatic N) is 1. The zero-order chi connectivity index (χ0) is 14.5. The van der Waals surface area contributed by atoms with E-state index in [0.29, 0.717) is 12.2 Å². The van der Waals surface area contributed by atoms with Crippen molar-refractivity contribution in [1.82, 2.24) is 4.98 Å². The highest BCUT2D eigenvalue weighted by atomic mass is 19.2. The van der Waals surface area contributed by atoms with E-state index in [1.165, 1.54) is 24.5 Å². The molecule has 0 spiro atoms. The van der Waals surface area contributed by atoms with Gasteiger partial charge in [-0.1, -0.05) is 6.07 Å². The van der Waals surface area contributed by atoms with Gasteiger partial charge in [0.05, 0.1) is 16.9 Å². The first-order chi connectivity index (χ1) is 9.63. The van der Waals surface area contributed by atoms with Crippen LogP contribution in [0.3, 0.4) is 0 Å². The van der Waals surface area contributed by atoms with Crippen molar-refractivity contribution in [1.29, 1.82) is 0 Å². The van der Waals surface area contributed by atoms with E-state index < -0.39 is 17.5 Å². The molecule has 0 fully saturated rings. The number of carbonyl (C=O) groups is 1. The second-order valence-corrected chi connectivity index (χ2v) is 4.01. The quantitative estimate of drug-likeness (QED) is 0.903. The number of hydrogen-bond donors (Lipinski definition) is 2. The summed E-state index contributed by atoms with van der Waals surface area (Å²) < 4.78 is 26.6. The number of benzene rings is 1. The summed E-state index contributed by atoms with van der Waals surface area (Å²) in [6.07, 6.45) is 2.90. The van der Waals surface area contributed by atoms with Gasteiger partial charge in [0.25, 0.3) is 5.91 Å². The Labute approximate surface area is 114 Å². The lowest BCUT2D eigenvalue weighted by Crippen LogP contribution is -2.16. The monoisotopic (exact) mass is 277 g/mol. The van der Waals surface area contributed by atoms with Crippen LogP contribution in [0.15, 0.2) is 36.7 Å². The predicted octanol–water partition coefficient (Wildman–Crippen LogP) is 3.04. The van der Waals surface area contributed by atoms with Crippen LogP contribution < -0.4 is 10.6 Å². The van der Waals surface area contributed by atoms with Gasteiger partial charge in [0, 0.05) is 18.9 Å². The predicted molar refractivity (Wildman–Crippen MR) is 72.7 cm³/mol. The van der Waals surface area contributed by atoms with Crippen molar-refractivity contribution in [3.05, 3.63) is 53.9 Å². The highest BCUT2D eigenvalue weighted by molar-refractivity contribution is 6.07. The molecule has 0 atom stereocenters. The SMILES string of the molecule is CCNc1ccncc1C(=O)Nc1cccc(F)c1F. The molecule has 20 heavy (non-hydrogen) atoms. The Kier molecular flexibility index (Phi) is 4.24. The van der Waals surface area contributed by atoms with E-state index in [-0.39, 0.29) is 11.3 Å². The third-order valence-electron chi connectivity index (χ3n) is 2.63. The minimum absolute atomic E-state index is 0.207. The molecule has 2 aromatic rings. The molecule has 1 aromatic heterocycles. The maximum atomic E-state index is 13.5. The number of aromatic nitrogens is 1. The average molecular weight is 277 g/mol. The number of pyridine rings is 1. The van der Waals surface area contributed by atoms with Crippen LogP contribution in [-0.2, 0) is 0 Å². The van der Waals surface area contributed by atoms with Crippen LogP contribution in [0.25, 0.3) is 0 Å². The van der Waals surface area contributed by atoms with Gasteiger partial charge in [-0.3, -0.25) is 9.78 Å². The van der Waals surface area contributed by atoms with E-state index in [1.54, 1.807) is 6.07 Å². The fraction of sp³-hybridized carbons (Fsp3) is 0.143. The maximum Gasteiger partial charge on any atom is 0.259 e. The Morgan fingerprint density at radius 1 is 1.25 bits per heavy atom. The first-order valence-corrected chi connectivity index (χ1v) is 6.06. The Balaban J connectivity index is 2.26. The molecule has 1 heterocycles. The molecule has 0 saturated heterocycles. The van der Waals surface area contributed by atoms with Gasteiger partial charge in [0.1, 0.15) is 0 Å². The number of anilines is 2. The topological polar surface area (TPSA) is 54.0 Å². The number of hydrogen-bond acceptors (Lipinski definition) is 3. The Morgan fingerprint density at radius 3 is 2.80 bits per heavy atom. The van der Waals surface area contributed by atoms with E-state index in [0.717, 1.165) is 6.07 Å². The van der Waals surface area contributed by atoms with E-state index in [9.17, 15) is 13.6 Å². The van der Waals surface area contributed by atoms with Crippen LogP contribution in [0, 0.1) is 11.6 Å². The zero-order valence-electron chi connectivity index (χ0n) is 10.8. The summed E-state index contributed by atoms with van der Waals surface area (Å²) in [5.74, 6) is -2.66. The van der Waals surface area contributed by atoms with Crippen LogP contribution >= 0.6 is 0 Å². The second-order valence-electron chi connectivity index (χ2n) is 4.01. The van der Waals surface area contributed by atoms with Gasteiger partial charge < -0.3 is 10.6 Å². The number of halogens is 2. The number of nitrogens with one attached hydrogen (secondary N) is 2. The molecule has 0 radical (unpaired) electrons. The summed E-state index contributed by atoms with van der Waals surface area (Å²) in [7, 11) is 0.